The van der Waals surface area contributed by atoms with Crippen molar-refractivity contribution >= 4 is 23.3 Å². The third-order valence-corrected chi connectivity index (χ3v) is 3.47. The molecule has 126 valence electrons. The summed E-state index contributed by atoms with van der Waals surface area (Å²) in [5.41, 5.74) is 4.04. The van der Waals surface area contributed by atoms with Gasteiger partial charge < -0.3 is 16.0 Å². The van der Waals surface area contributed by atoms with Crippen molar-refractivity contribution in [3.63, 3.8) is 0 Å². The topological polar surface area (TPSA) is 70.2 Å². The molecule has 0 radical (unpaired) electrons. The minimum Gasteiger partial charge on any atom is -0.350 e. The summed E-state index contributed by atoms with van der Waals surface area (Å²) in [6.07, 6.45) is 0. The van der Waals surface area contributed by atoms with Crippen molar-refractivity contribution in [2.45, 2.75) is 33.7 Å². The number of carbonyl (C=O) groups is 2. The molecule has 0 fully saturated rings. The normalized spacial score (nSPS) is 10.4. The van der Waals surface area contributed by atoms with Crippen LogP contribution in [0.5, 0.6) is 0 Å². The number of aryl methyl sites for hydroxylation is 2. The van der Waals surface area contributed by atoms with E-state index in [0.29, 0.717) is 11.3 Å². The number of benzene rings is 2. The van der Waals surface area contributed by atoms with Gasteiger partial charge in [-0.15, -0.1) is 0 Å². The van der Waals surface area contributed by atoms with Crippen molar-refractivity contribution in [2.24, 2.45) is 0 Å². The molecule has 0 unspecified atom stereocenters. The van der Waals surface area contributed by atoms with Crippen LogP contribution in [-0.2, 0) is 0 Å². The fraction of sp³-hybridized carbons (Fsp3) is 0.263. The quantitative estimate of drug-likeness (QED) is 0.792. The second-order valence-electron chi connectivity index (χ2n) is 6.10. The molecule has 0 saturated carbocycles. The zero-order valence-electron chi connectivity index (χ0n) is 14.4. The molecular weight excluding hydrogens is 302 g/mol. The second-order valence-corrected chi connectivity index (χ2v) is 6.10. The summed E-state index contributed by atoms with van der Waals surface area (Å²) in [5, 5.41) is 8.42. The standard InChI is InChI=1S/C19H23N3O2/c1-12(2)20-18(23)15-7-9-16(10-8-15)21-19(24)22-17-11-13(3)5-6-14(17)4/h5-12H,1-4H3,(H,20,23)(H2,21,22,24). The first kappa shape index (κ1) is 17.5. The average Bonchev–Trinajstić information content (AvgIpc) is 2.51. The molecule has 5 heteroatoms. The molecule has 24 heavy (non-hydrogen) atoms. The monoisotopic (exact) mass is 325 g/mol. The Morgan fingerprint density at radius 1 is 0.917 bits per heavy atom. The number of hydrogen-bond acceptors (Lipinski definition) is 2. The Bertz CT molecular complexity index is 737. The average molecular weight is 325 g/mol. The van der Waals surface area contributed by atoms with Gasteiger partial charge in [0.05, 0.1) is 0 Å². The fourth-order valence-corrected chi connectivity index (χ4v) is 2.21. The lowest BCUT2D eigenvalue weighted by Crippen LogP contribution is -2.30. The van der Waals surface area contributed by atoms with Crippen molar-refractivity contribution in [3.05, 3.63) is 59.2 Å². The molecule has 3 amide bonds. The predicted octanol–water partition coefficient (Wildman–Crippen LogP) is 4.09. The number of hydrogen-bond donors (Lipinski definition) is 3. The summed E-state index contributed by atoms with van der Waals surface area (Å²) in [5.74, 6) is -0.128. The molecule has 0 saturated heterocycles. The lowest BCUT2D eigenvalue weighted by molar-refractivity contribution is 0.0943. The highest BCUT2D eigenvalue weighted by Gasteiger charge is 2.08. The summed E-state index contributed by atoms with van der Waals surface area (Å²) in [7, 11) is 0. The SMILES string of the molecule is Cc1ccc(C)c(NC(=O)Nc2ccc(C(=O)NC(C)C)cc2)c1. The molecule has 2 aromatic carbocycles. The molecule has 0 spiro atoms. The minimum atomic E-state index is -0.317. The highest BCUT2D eigenvalue weighted by atomic mass is 16.2. The summed E-state index contributed by atoms with van der Waals surface area (Å²) in [4.78, 5) is 24.0. The van der Waals surface area contributed by atoms with Gasteiger partial charge in [-0.05, 0) is 69.2 Å². The van der Waals surface area contributed by atoms with E-state index >= 15 is 0 Å². The molecular formula is C19H23N3O2. The van der Waals surface area contributed by atoms with Crippen LogP contribution in [0.25, 0.3) is 0 Å². The van der Waals surface area contributed by atoms with E-state index in [2.05, 4.69) is 16.0 Å². The van der Waals surface area contributed by atoms with Gasteiger partial charge in [0, 0.05) is 23.0 Å². The van der Waals surface area contributed by atoms with E-state index in [1.807, 2.05) is 45.9 Å². The van der Waals surface area contributed by atoms with Gasteiger partial charge in [-0.1, -0.05) is 12.1 Å². The van der Waals surface area contributed by atoms with E-state index in [1.54, 1.807) is 24.3 Å². The molecule has 0 heterocycles. The lowest BCUT2D eigenvalue weighted by Gasteiger charge is -2.11. The van der Waals surface area contributed by atoms with Crippen molar-refractivity contribution in [3.8, 4) is 0 Å². The Morgan fingerprint density at radius 3 is 2.21 bits per heavy atom. The van der Waals surface area contributed by atoms with E-state index in [1.165, 1.54) is 0 Å². The smallest absolute Gasteiger partial charge is 0.323 e. The van der Waals surface area contributed by atoms with Crippen molar-refractivity contribution in [1.29, 1.82) is 0 Å². The van der Waals surface area contributed by atoms with Gasteiger partial charge in [0.25, 0.3) is 5.91 Å². The van der Waals surface area contributed by atoms with E-state index in [4.69, 9.17) is 0 Å². The molecule has 2 rings (SSSR count). The highest BCUT2D eigenvalue weighted by Crippen LogP contribution is 2.17. The molecule has 3 N–H and O–H groups in total. The zero-order valence-corrected chi connectivity index (χ0v) is 14.4. The largest absolute Gasteiger partial charge is 0.350 e. The molecule has 0 atom stereocenters. The van der Waals surface area contributed by atoms with Crippen molar-refractivity contribution < 1.29 is 9.59 Å². The first-order valence-electron chi connectivity index (χ1n) is 7.91. The fourth-order valence-electron chi connectivity index (χ4n) is 2.21. The summed E-state index contributed by atoms with van der Waals surface area (Å²) in [6.45, 7) is 7.73. The van der Waals surface area contributed by atoms with Gasteiger partial charge in [-0.25, -0.2) is 4.79 Å². The Balaban J connectivity index is 1.99. The Hall–Kier alpha value is -2.82. The zero-order chi connectivity index (χ0) is 17.7. The maximum Gasteiger partial charge on any atom is 0.323 e. The number of carbonyl (C=O) groups excluding carboxylic acids is 2. The van der Waals surface area contributed by atoms with Crippen LogP contribution in [-0.4, -0.2) is 18.0 Å². The van der Waals surface area contributed by atoms with Crippen molar-refractivity contribution in [2.75, 3.05) is 10.6 Å². The maximum atomic E-state index is 12.1. The Labute approximate surface area is 142 Å². The van der Waals surface area contributed by atoms with Gasteiger partial charge in [-0.3, -0.25) is 4.79 Å². The second kappa shape index (κ2) is 7.64. The van der Waals surface area contributed by atoms with Crippen LogP contribution >= 0.6 is 0 Å². The highest BCUT2D eigenvalue weighted by molar-refractivity contribution is 6.01. The molecule has 0 aromatic heterocycles. The summed E-state index contributed by atoms with van der Waals surface area (Å²) in [6, 6.07) is 12.4. The number of urea groups is 1. The number of nitrogens with one attached hydrogen (secondary N) is 3. The molecule has 2 aromatic rings. The predicted molar refractivity (Wildman–Crippen MR) is 97.6 cm³/mol. The van der Waals surface area contributed by atoms with Crippen LogP contribution in [0.2, 0.25) is 0 Å². The number of rotatable bonds is 4. The van der Waals surface area contributed by atoms with Gasteiger partial charge in [0.15, 0.2) is 0 Å². The van der Waals surface area contributed by atoms with Gasteiger partial charge >= 0.3 is 6.03 Å². The van der Waals surface area contributed by atoms with Gasteiger partial charge in [0.1, 0.15) is 0 Å². The van der Waals surface area contributed by atoms with Crippen LogP contribution < -0.4 is 16.0 Å². The van der Waals surface area contributed by atoms with Crippen LogP contribution in [0.4, 0.5) is 16.2 Å². The van der Waals surface area contributed by atoms with Crippen LogP contribution in [0.15, 0.2) is 42.5 Å². The Morgan fingerprint density at radius 2 is 1.58 bits per heavy atom. The number of anilines is 2. The molecule has 5 nitrogen and oxygen atoms in total. The van der Waals surface area contributed by atoms with E-state index in [0.717, 1.165) is 16.8 Å². The molecule has 0 aliphatic carbocycles. The first-order valence-corrected chi connectivity index (χ1v) is 7.91. The van der Waals surface area contributed by atoms with Crippen molar-refractivity contribution in [1.82, 2.24) is 5.32 Å². The maximum absolute atomic E-state index is 12.1. The molecule has 0 bridgehead atoms. The van der Waals surface area contributed by atoms with Crippen LogP contribution in [0.1, 0.15) is 35.3 Å². The van der Waals surface area contributed by atoms with E-state index < -0.39 is 0 Å². The summed E-state index contributed by atoms with van der Waals surface area (Å²) < 4.78 is 0. The van der Waals surface area contributed by atoms with Gasteiger partial charge in [-0.2, -0.15) is 0 Å². The Kier molecular flexibility index (Phi) is 5.58. The van der Waals surface area contributed by atoms with Gasteiger partial charge in [0.2, 0.25) is 0 Å². The lowest BCUT2D eigenvalue weighted by atomic mass is 10.1. The molecule has 0 aliphatic heterocycles. The minimum absolute atomic E-state index is 0.0821. The third kappa shape index (κ3) is 4.84. The summed E-state index contributed by atoms with van der Waals surface area (Å²) >= 11 is 0. The third-order valence-electron chi connectivity index (χ3n) is 3.47. The molecule has 0 aliphatic rings. The number of amides is 3. The first-order chi connectivity index (χ1) is 11.3. The van der Waals surface area contributed by atoms with Crippen LogP contribution in [0.3, 0.4) is 0 Å². The van der Waals surface area contributed by atoms with Crippen LogP contribution in [0, 0.1) is 13.8 Å². The van der Waals surface area contributed by atoms with E-state index in [-0.39, 0.29) is 18.0 Å². The van der Waals surface area contributed by atoms with E-state index in [9.17, 15) is 9.59 Å².